The molecule has 2 rings (SSSR count). The van der Waals surface area contributed by atoms with Crippen LogP contribution in [0.5, 0.6) is 5.75 Å². The second-order valence-corrected chi connectivity index (χ2v) is 4.36. The fourth-order valence-corrected chi connectivity index (χ4v) is 1.90. The van der Waals surface area contributed by atoms with Gasteiger partial charge in [0, 0.05) is 36.8 Å². The van der Waals surface area contributed by atoms with E-state index >= 15 is 0 Å². The van der Waals surface area contributed by atoms with Crippen molar-refractivity contribution >= 4 is 0 Å². The van der Waals surface area contributed by atoms with Gasteiger partial charge in [0.05, 0.1) is 18.6 Å². The Hall–Kier alpha value is -1.85. The third kappa shape index (κ3) is 3.33. The van der Waals surface area contributed by atoms with Crippen molar-refractivity contribution < 1.29 is 14.6 Å². The molecule has 0 unspecified atom stereocenters. The molecule has 0 aliphatic carbocycles. The number of hydrogen-bond donors (Lipinski definition) is 3. The lowest BCUT2D eigenvalue weighted by Gasteiger charge is -2.12. The highest BCUT2D eigenvalue weighted by atomic mass is 16.3. The van der Waals surface area contributed by atoms with Crippen molar-refractivity contribution in [3.05, 3.63) is 47.2 Å². The summed E-state index contributed by atoms with van der Waals surface area (Å²) in [5.41, 5.74) is 1.92. The molecule has 2 heterocycles. The van der Waals surface area contributed by atoms with E-state index in [1.54, 1.807) is 19.4 Å². The van der Waals surface area contributed by atoms with Crippen molar-refractivity contribution in [1.82, 2.24) is 10.3 Å². The predicted molar refractivity (Wildman–Crippen MR) is 70.7 cm³/mol. The Bertz CT molecular complexity index is 524. The summed E-state index contributed by atoms with van der Waals surface area (Å²) in [6.07, 6.45) is 4.03. The van der Waals surface area contributed by atoms with Gasteiger partial charge in [0.1, 0.15) is 11.5 Å². The lowest BCUT2D eigenvalue weighted by Crippen LogP contribution is -2.18. The minimum atomic E-state index is -0.129. The molecule has 2 aromatic heterocycles. The zero-order valence-electron chi connectivity index (χ0n) is 10.9. The van der Waals surface area contributed by atoms with Crippen LogP contribution < -0.4 is 5.32 Å². The number of hydrogen-bond acceptors (Lipinski definition) is 5. The minimum absolute atomic E-state index is 0.129. The van der Waals surface area contributed by atoms with Gasteiger partial charge in [-0.2, -0.15) is 0 Å². The number of aromatic nitrogens is 1. The topological polar surface area (TPSA) is 78.5 Å². The molecule has 0 aliphatic heterocycles. The van der Waals surface area contributed by atoms with Crippen molar-refractivity contribution in [3.8, 4) is 5.75 Å². The van der Waals surface area contributed by atoms with E-state index in [0.29, 0.717) is 23.4 Å². The summed E-state index contributed by atoms with van der Waals surface area (Å²) in [6, 6.07) is 3.78. The number of pyridine rings is 1. The van der Waals surface area contributed by atoms with Gasteiger partial charge in [-0.15, -0.1) is 0 Å². The number of aliphatic hydroxyl groups excluding tert-OH is 1. The normalized spacial score (nSPS) is 10.8. The molecule has 5 nitrogen and oxygen atoms in total. The van der Waals surface area contributed by atoms with E-state index in [9.17, 15) is 10.2 Å². The van der Waals surface area contributed by atoms with E-state index in [4.69, 9.17) is 4.42 Å². The van der Waals surface area contributed by atoms with Gasteiger partial charge in [-0.3, -0.25) is 4.98 Å². The molecular formula is C14H18N2O3. The maximum atomic E-state index is 9.96. The van der Waals surface area contributed by atoms with Crippen molar-refractivity contribution in [2.45, 2.75) is 26.5 Å². The number of aliphatic hydroxyl groups is 1. The van der Waals surface area contributed by atoms with Gasteiger partial charge < -0.3 is 19.9 Å². The van der Waals surface area contributed by atoms with E-state index in [0.717, 1.165) is 18.7 Å². The maximum Gasteiger partial charge on any atom is 0.141 e. The molecule has 0 fully saturated rings. The average molecular weight is 262 g/mol. The quantitative estimate of drug-likeness (QED) is 0.688. The van der Waals surface area contributed by atoms with Gasteiger partial charge in [-0.1, -0.05) is 0 Å². The summed E-state index contributed by atoms with van der Waals surface area (Å²) >= 11 is 0. The molecule has 19 heavy (non-hydrogen) atoms. The zero-order valence-corrected chi connectivity index (χ0v) is 10.9. The van der Waals surface area contributed by atoms with Gasteiger partial charge in [-0.05, 0) is 19.1 Å². The molecule has 0 spiro atoms. The van der Waals surface area contributed by atoms with Crippen LogP contribution in [0.1, 0.15) is 22.6 Å². The number of furan rings is 1. The molecule has 0 amide bonds. The summed E-state index contributed by atoms with van der Waals surface area (Å²) in [7, 11) is 0. The van der Waals surface area contributed by atoms with Crippen molar-refractivity contribution in [3.63, 3.8) is 0 Å². The van der Waals surface area contributed by atoms with Crippen LogP contribution in [0.15, 0.2) is 29.0 Å². The highest BCUT2D eigenvalue weighted by Gasteiger charge is 2.10. The molecule has 3 N–H and O–H groups in total. The Kier molecular flexibility index (Phi) is 4.54. The Morgan fingerprint density at radius 2 is 2.26 bits per heavy atom. The molecule has 0 radical (unpaired) electrons. The predicted octanol–water partition coefficient (Wildman–Crippen LogP) is 1.51. The molecule has 0 aromatic carbocycles. The van der Waals surface area contributed by atoms with Crippen molar-refractivity contribution in [2.75, 3.05) is 6.54 Å². The number of aryl methyl sites for hydroxylation is 1. The van der Waals surface area contributed by atoms with Crippen LogP contribution in [-0.4, -0.2) is 21.7 Å². The molecule has 0 saturated carbocycles. The van der Waals surface area contributed by atoms with Gasteiger partial charge in [0.15, 0.2) is 0 Å². The number of nitrogens with zero attached hydrogens (tertiary/aromatic N) is 1. The lowest BCUT2D eigenvalue weighted by atomic mass is 10.1. The van der Waals surface area contributed by atoms with E-state index in [1.807, 2.05) is 12.1 Å². The number of aromatic hydroxyl groups is 1. The largest absolute Gasteiger partial charge is 0.506 e. The summed E-state index contributed by atoms with van der Waals surface area (Å²) in [5, 5.41) is 22.4. The van der Waals surface area contributed by atoms with Crippen LogP contribution in [0.2, 0.25) is 0 Å². The standard InChI is InChI=1S/C14H18N2O3/c1-10-14(18)13(11(9-17)7-16-10)8-15-5-4-12-3-2-6-19-12/h2-3,6-7,15,17-18H,4-5,8-9H2,1H3. The van der Waals surface area contributed by atoms with E-state index < -0.39 is 0 Å². The Morgan fingerprint density at radius 1 is 1.42 bits per heavy atom. The minimum Gasteiger partial charge on any atom is -0.506 e. The molecule has 0 atom stereocenters. The van der Waals surface area contributed by atoms with Crippen molar-refractivity contribution in [2.24, 2.45) is 0 Å². The third-order valence-corrected chi connectivity index (χ3v) is 3.03. The number of nitrogens with one attached hydrogen (secondary N) is 1. The summed E-state index contributed by atoms with van der Waals surface area (Å²) in [5.74, 6) is 1.07. The third-order valence-electron chi connectivity index (χ3n) is 3.03. The summed E-state index contributed by atoms with van der Waals surface area (Å²) in [4.78, 5) is 4.03. The molecule has 102 valence electrons. The van der Waals surface area contributed by atoms with Gasteiger partial charge >= 0.3 is 0 Å². The van der Waals surface area contributed by atoms with E-state index in [2.05, 4.69) is 10.3 Å². The Morgan fingerprint density at radius 3 is 2.95 bits per heavy atom. The van der Waals surface area contributed by atoms with Gasteiger partial charge in [-0.25, -0.2) is 0 Å². The van der Waals surface area contributed by atoms with E-state index in [-0.39, 0.29) is 12.4 Å². The first-order valence-corrected chi connectivity index (χ1v) is 6.22. The molecule has 2 aromatic rings. The fraction of sp³-hybridized carbons (Fsp3) is 0.357. The number of rotatable bonds is 6. The Labute approximate surface area is 111 Å². The summed E-state index contributed by atoms with van der Waals surface area (Å²) < 4.78 is 5.23. The molecule has 0 aliphatic rings. The van der Waals surface area contributed by atoms with Crippen LogP contribution >= 0.6 is 0 Å². The average Bonchev–Trinajstić information content (AvgIpc) is 2.92. The molecule has 0 saturated heterocycles. The highest BCUT2D eigenvalue weighted by molar-refractivity contribution is 5.40. The van der Waals surface area contributed by atoms with Gasteiger partial charge in [0.25, 0.3) is 0 Å². The van der Waals surface area contributed by atoms with Crippen LogP contribution in [0.3, 0.4) is 0 Å². The lowest BCUT2D eigenvalue weighted by molar-refractivity contribution is 0.278. The molecular weight excluding hydrogens is 244 g/mol. The monoisotopic (exact) mass is 262 g/mol. The maximum absolute atomic E-state index is 9.96. The van der Waals surface area contributed by atoms with Crippen LogP contribution in [0, 0.1) is 6.92 Å². The first-order chi connectivity index (χ1) is 9.22. The van der Waals surface area contributed by atoms with Crippen LogP contribution in [0.4, 0.5) is 0 Å². The van der Waals surface area contributed by atoms with E-state index in [1.165, 1.54) is 0 Å². The zero-order chi connectivity index (χ0) is 13.7. The Balaban J connectivity index is 1.93. The summed E-state index contributed by atoms with van der Waals surface area (Å²) in [6.45, 7) is 2.84. The van der Waals surface area contributed by atoms with Crippen LogP contribution in [0.25, 0.3) is 0 Å². The van der Waals surface area contributed by atoms with Crippen LogP contribution in [-0.2, 0) is 19.6 Å². The first kappa shape index (κ1) is 13.6. The fourth-order valence-electron chi connectivity index (χ4n) is 1.90. The highest BCUT2D eigenvalue weighted by Crippen LogP contribution is 2.23. The smallest absolute Gasteiger partial charge is 0.141 e. The molecule has 0 bridgehead atoms. The first-order valence-electron chi connectivity index (χ1n) is 6.22. The van der Waals surface area contributed by atoms with Crippen molar-refractivity contribution in [1.29, 1.82) is 0 Å². The molecule has 5 heteroatoms. The second kappa shape index (κ2) is 6.36. The van der Waals surface area contributed by atoms with Gasteiger partial charge in [0.2, 0.25) is 0 Å². The second-order valence-electron chi connectivity index (χ2n) is 4.36. The SMILES string of the molecule is Cc1ncc(CO)c(CNCCc2ccco2)c1O.